The maximum Gasteiger partial charge on any atom is 0.280 e. The number of pyridine rings is 1. The van der Waals surface area contributed by atoms with Crippen LogP contribution in [0, 0.1) is 6.92 Å². The topological polar surface area (TPSA) is 34.5 Å². The lowest BCUT2D eigenvalue weighted by molar-refractivity contribution is 0.145. The van der Waals surface area contributed by atoms with Gasteiger partial charge in [0.2, 0.25) is 0 Å². The highest BCUT2D eigenvalue weighted by molar-refractivity contribution is 6.33. The second-order valence-corrected chi connectivity index (χ2v) is 7.07. The molecule has 1 aliphatic carbocycles. The highest BCUT2D eigenvalue weighted by Gasteiger charge is 2.52. The molecule has 6 heteroatoms. The fourth-order valence-corrected chi connectivity index (χ4v) is 3.50. The molecule has 1 saturated carbocycles. The first-order valence-electron chi connectivity index (χ1n) is 8.22. The number of hydrogen-bond donors (Lipinski definition) is 0. The standard InChI is InChI=1S/C19H17ClF2N2O/c1-10-8-12(9-23-15(10)18(21)22)16-13-4-3-5-14(20)17(13)25-19(6-7-19)11(2)24-16/h3-5,8-9,11,18H,6-7H2,1-2H3/t11-/m0/s1. The third-order valence-corrected chi connectivity index (χ3v) is 5.25. The van der Waals surface area contributed by atoms with Crippen LogP contribution in [0.4, 0.5) is 8.78 Å². The van der Waals surface area contributed by atoms with Gasteiger partial charge in [-0.05, 0) is 50.5 Å². The molecule has 2 aliphatic rings. The van der Waals surface area contributed by atoms with E-state index in [-0.39, 0.29) is 17.3 Å². The molecule has 3 nitrogen and oxygen atoms in total. The van der Waals surface area contributed by atoms with Gasteiger partial charge >= 0.3 is 0 Å². The van der Waals surface area contributed by atoms with Gasteiger partial charge in [-0.2, -0.15) is 0 Å². The van der Waals surface area contributed by atoms with E-state index in [1.807, 2.05) is 19.1 Å². The van der Waals surface area contributed by atoms with E-state index >= 15 is 0 Å². The number of aliphatic imine (C=N–C) groups is 1. The molecule has 0 amide bonds. The molecule has 1 spiro atoms. The van der Waals surface area contributed by atoms with Crippen LogP contribution in [0.5, 0.6) is 5.75 Å². The summed E-state index contributed by atoms with van der Waals surface area (Å²) < 4.78 is 32.3. The quantitative estimate of drug-likeness (QED) is 0.742. The van der Waals surface area contributed by atoms with Crippen LogP contribution in [0.2, 0.25) is 5.02 Å². The van der Waals surface area contributed by atoms with E-state index in [4.69, 9.17) is 21.3 Å². The molecule has 1 atom stereocenters. The molecular formula is C19H17ClF2N2O. The number of benzene rings is 1. The maximum absolute atomic E-state index is 13.0. The number of hydrogen-bond acceptors (Lipinski definition) is 3. The van der Waals surface area contributed by atoms with Gasteiger partial charge < -0.3 is 4.74 Å². The monoisotopic (exact) mass is 362 g/mol. The van der Waals surface area contributed by atoms with Gasteiger partial charge in [-0.15, -0.1) is 0 Å². The summed E-state index contributed by atoms with van der Waals surface area (Å²) in [7, 11) is 0. The summed E-state index contributed by atoms with van der Waals surface area (Å²) in [5.41, 5.74) is 2.08. The normalized spacial score (nSPS) is 20.7. The lowest BCUT2D eigenvalue weighted by Crippen LogP contribution is -2.29. The van der Waals surface area contributed by atoms with Gasteiger partial charge in [0, 0.05) is 17.3 Å². The third-order valence-electron chi connectivity index (χ3n) is 4.95. The van der Waals surface area contributed by atoms with Crippen molar-refractivity contribution in [2.45, 2.75) is 44.8 Å². The van der Waals surface area contributed by atoms with Gasteiger partial charge in [0.05, 0.1) is 16.8 Å². The SMILES string of the molecule is Cc1cc(C2=N[C@@H](C)C3(CC3)Oc3c(Cl)cccc32)cnc1C(F)F. The molecule has 2 heterocycles. The molecule has 0 radical (unpaired) electrons. The van der Waals surface area contributed by atoms with E-state index in [1.165, 1.54) is 6.20 Å². The van der Waals surface area contributed by atoms with E-state index in [1.54, 1.807) is 19.1 Å². The predicted molar refractivity (Wildman–Crippen MR) is 93.1 cm³/mol. The lowest BCUT2D eigenvalue weighted by Gasteiger charge is -2.20. The number of halogens is 3. The summed E-state index contributed by atoms with van der Waals surface area (Å²) in [5, 5.41) is 0.527. The minimum Gasteiger partial charge on any atom is -0.483 e. The largest absolute Gasteiger partial charge is 0.483 e. The Bertz CT molecular complexity index is 878. The number of para-hydroxylation sites is 1. The molecule has 130 valence electrons. The fraction of sp³-hybridized carbons (Fsp3) is 0.368. The number of aryl methyl sites for hydroxylation is 1. The number of aromatic nitrogens is 1. The van der Waals surface area contributed by atoms with Crippen LogP contribution in [-0.4, -0.2) is 22.3 Å². The molecule has 1 aromatic carbocycles. The van der Waals surface area contributed by atoms with Crippen molar-refractivity contribution in [2.24, 2.45) is 4.99 Å². The highest BCUT2D eigenvalue weighted by atomic mass is 35.5. The van der Waals surface area contributed by atoms with E-state index < -0.39 is 6.43 Å². The van der Waals surface area contributed by atoms with Crippen molar-refractivity contribution in [3.05, 3.63) is 57.9 Å². The zero-order chi connectivity index (χ0) is 17.8. The number of nitrogens with zero attached hydrogens (tertiary/aromatic N) is 2. The van der Waals surface area contributed by atoms with Gasteiger partial charge in [-0.1, -0.05) is 17.7 Å². The van der Waals surface area contributed by atoms with Crippen molar-refractivity contribution in [3.8, 4) is 5.75 Å². The second-order valence-electron chi connectivity index (χ2n) is 6.66. The zero-order valence-corrected chi connectivity index (χ0v) is 14.6. The average Bonchev–Trinajstić information content (AvgIpc) is 3.36. The maximum atomic E-state index is 13.0. The van der Waals surface area contributed by atoms with E-state index in [9.17, 15) is 8.78 Å². The summed E-state index contributed by atoms with van der Waals surface area (Å²) in [6.45, 7) is 3.65. The molecule has 0 saturated heterocycles. The fourth-order valence-electron chi connectivity index (χ4n) is 3.28. The molecule has 0 bridgehead atoms. The number of rotatable bonds is 2. The summed E-state index contributed by atoms with van der Waals surface area (Å²) in [6.07, 6.45) is 0.716. The van der Waals surface area contributed by atoms with Crippen LogP contribution in [-0.2, 0) is 0 Å². The van der Waals surface area contributed by atoms with Crippen LogP contribution < -0.4 is 4.74 Å². The van der Waals surface area contributed by atoms with E-state index in [2.05, 4.69) is 4.98 Å². The molecule has 2 aromatic rings. The Hall–Kier alpha value is -2.01. The number of fused-ring (bicyclic) bond motifs is 1. The summed E-state index contributed by atoms with van der Waals surface area (Å²) in [6, 6.07) is 7.16. The van der Waals surface area contributed by atoms with Gasteiger partial charge in [-0.3, -0.25) is 9.98 Å². The van der Waals surface area contributed by atoms with Crippen LogP contribution in [0.3, 0.4) is 0 Å². The molecule has 0 N–H and O–H groups in total. The van der Waals surface area contributed by atoms with Gasteiger partial charge in [-0.25, -0.2) is 8.78 Å². The Balaban J connectivity index is 1.88. The highest BCUT2D eigenvalue weighted by Crippen LogP contribution is 2.49. The Kier molecular flexibility index (Phi) is 3.80. The second kappa shape index (κ2) is 5.77. The molecule has 1 aliphatic heterocycles. The first-order chi connectivity index (χ1) is 11.9. The first kappa shape index (κ1) is 16.5. The van der Waals surface area contributed by atoms with Gasteiger partial charge in [0.25, 0.3) is 6.43 Å². The number of ether oxygens (including phenoxy) is 1. The molecular weight excluding hydrogens is 346 g/mol. The number of alkyl halides is 2. The predicted octanol–water partition coefficient (Wildman–Crippen LogP) is 5.13. The summed E-state index contributed by atoms with van der Waals surface area (Å²) in [4.78, 5) is 8.82. The van der Waals surface area contributed by atoms with E-state index in [0.717, 1.165) is 18.4 Å². The average molecular weight is 363 g/mol. The molecule has 1 fully saturated rings. The summed E-state index contributed by atoms with van der Waals surface area (Å²) >= 11 is 6.37. The van der Waals surface area contributed by atoms with Crippen molar-refractivity contribution in [2.75, 3.05) is 0 Å². The van der Waals surface area contributed by atoms with Crippen molar-refractivity contribution < 1.29 is 13.5 Å². The Labute approximate surface area is 149 Å². The minimum atomic E-state index is -2.59. The van der Waals surface area contributed by atoms with Crippen molar-refractivity contribution in [1.29, 1.82) is 0 Å². The van der Waals surface area contributed by atoms with E-state index in [0.29, 0.717) is 27.6 Å². The molecule has 25 heavy (non-hydrogen) atoms. The smallest absolute Gasteiger partial charge is 0.280 e. The zero-order valence-electron chi connectivity index (χ0n) is 13.9. The van der Waals surface area contributed by atoms with Crippen molar-refractivity contribution in [1.82, 2.24) is 4.98 Å². The Morgan fingerprint density at radius 3 is 2.72 bits per heavy atom. The lowest BCUT2D eigenvalue weighted by atomic mass is 10.0. The van der Waals surface area contributed by atoms with Crippen LogP contribution >= 0.6 is 11.6 Å². The van der Waals surface area contributed by atoms with Crippen LogP contribution in [0.15, 0.2) is 35.5 Å². The molecule has 1 aromatic heterocycles. The van der Waals surface area contributed by atoms with Crippen molar-refractivity contribution in [3.63, 3.8) is 0 Å². The summed E-state index contributed by atoms with van der Waals surface area (Å²) in [5.74, 6) is 0.611. The molecule has 0 unspecified atom stereocenters. The Morgan fingerprint density at radius 2 is 2.08 bits per heavy atom. The van der Waals surface area contributed by atoms with Crippen LogP contribution in [0.1, 0.15) is 48.6 Å². The minimum absolute atomic E-state index is 0.0546. The third kappa shape index (κ3) is 2.71. The van der Waals surface area contributed by atoms with Gasteiger partial charge in [0.1, 0.15) is 17.0 Å². The Morgan fingerprint density at radius 1 is 1.32 bits per heavy atom. The van der Waals surface area contributed by atoms with Crippen LogP contribution in [0.25, 0.3) is 0 Å². The van der Waals surface area contributed by atoms with Crippen molar-refractivity contribution >= 4 is 17.3 Å². The first-order valence-corrected chi connectivity index (χ1v) is 8.60. The van der Waals surface area contributed by atoms with Gasteiger partial charge in [0.15, 0.2) is 0 Å². The molecule has 4 rings (SSSR count).